The Morgan fingerprint density at radius 1 is 1.38 bits per heavy atom. The summed E-state index contributed by atoms with van der Waals surface area (Å²) in [6, 6.07) is 5.51. The van der Waals surface area contributed by atoms with Crippen molar-refractivity contribution in [3.8, 4) is 0 Å². The highest BCUT2D eigenvalue weighted by Gasteiger charge is 2.58. The lowest BCUT2D eigenvalue weighted by molar-refractivity contribution is -0.385. The van der Waals surface area contributed by atoms with E-state index in [4.69, 9.17) is 0 Å². The molecule has 140 valence electrons. The van der Waals surface area contributed by atoms with Gasteiger partial charge in [-0.25, -0.2) is 4.98 Å². The van der Waals surface area contributed by atoms with Gasteiger partial charge in [0.05, 0.1) is 11.3 Å². The van der Waals surface area contributed by atoms with Crippen LogP contribution in [0.2, 0.25) is 0 Å². The normalized spacial score (nSPS) is 13.9. The summed E-state index contributed by atoms with van der Waals surface area (Å²) in [5.41, 5.74) is -3.28. The molecule has 1 aromatic carbocycles. The first-order chi connectivity index (χ1) is 12.0. The molecule has 11 heteroatoms. The van der Waals surface area contributed by atoms with E-state index in [1.165, 1.54) is 36.6 Å². The van der Waals surface area contributed by atoms with Crippen molar-refractivity contribution < 1.29 is 28.0 Å². The highest BCUT2D eigenvalue weighted by atomic mass is 32.1. The summed E-state index contributed by atoms with van der Waals surface area (Å²) in [6.45, 7) is 1.12. The molecule has 1 unspecified atom stereocenters. The fraction of sp³-hybridized carbons (Fsp3) is 0.333. The van der Waals surface area contributed by atoms with E-state index in [0.29, 0.717) is 11.3 Å². The van der Waals surface area contributed by atoms with Crippen LogP contribution in [0.4, 0.5) is 18.9 Å². The molecule has 2 rings (SSSR count). The number of alkyl halides is 3. The molecule has 2 N–H and O–H groups in total. The highest BCUT2D eigenvalue weighted by molar-refractivity contribution is 7.09. The zero-order valence-electron chi connectivity index (χ0n) is 13.4. The molecular weight excluding hydrogens is 375 g/mol. The molecule has 0 saturated carbocycles. The van der Waals surface area contributed by atoms with E-state index >= 15 is 0 Å². The van der Waals surface area contributed by atoms with Crippen LogP contribution in [0, 0.1) is 17.0 Å². The van der Waals surface area contributed by atoms with Crippen molar-refractivity contribution >= 4 is 22.9 Å². The third-order valence-corrected chi connectivity index (χ3v) is 4.63. The van der Waals surface area contributed by atoms with Gasteiger partial charge >= 0.3 is 6.18 Å². The van der Waals surface area contributed by atoms with Crippen LogP contribution in [-0.4, -0.2) is 27.1 Å². The number of aromatic nitrogens is 1. The number of nitrogens with zero attached hydrogens (tertiary/aromatic N) is 2. The number of carbonyl (C=O) groups excluding carboxylic acids is 1. The first-order valence-corrected chi connectivity index (χ1v) is 8.13. The van der Waals surface area contributed by atoms with E-state index in [0.717, 1.165) is 0 Å². The Bertz CT molecular complexity index is 824. The number of hydrogen-bond donors (Lipinski definition) is 2. The summed E-state index contributed by atoms with van der Waals surface area (Å²) in [4.78, 5) is 25.9. The number of benzene rings is 1. The molecule has 0 fully saturated rings. The van der Waals surface area contributed by atoms with E-state index in [-0.39, 0.29) is 23.5 Å². The van der Waals surface area contributed by atoms with E-state index in [1.54, 1.807) is 0 Å². The van der Waals surface area contributed by atoms with Gasteiger partial charge in [0.1, 0.15) is 5.01 Å². The Hall–Kier alpha value is -2.53. The van der Waals surface area contributed by atoms with Gasteiger partial charge in [-0.2, -0.15) is 13.2 Å². The number of amides is 1. The molecule has 0 saturated heterocycles. The van der Waals surface area contributed by atoms with Crippen LogP contribution in [-0.2, 0) is 16.9 Å². The second-order valence-corrected chi connectivity index (χ2v) is 6.35. The number of halogens is 3. The van der Waals surface area contributed by atoms with Gasteiger partial charge in [0.25, 0.3) is 5.69 Å². The maximum Gasteiger partial charge on any atom is 0.424 e. The van der Waals surface area contributed by atoms with Gasteiger partial charge in [0.15, 0.2) is 0 Å². The monoisotopic (exact) mass is 389 g/mol. The molecule has 0 aliphatic heterocycles. The molecule has 0 radical (unpaired) electrons. The number of aliphatic hydroxyl groups is 1. The van der Waals surface area contributed by atoms with Crippen LogP contribution in [0.3, 0.4) is 0 Å². The number of aryl methyl sites for hydroxylation is 1. The number of rotatable bonds is 6. The lowest BCUT2D eigenvalue weighted by Crippen LogP contribution is -2.46. The average Bonchev–Trinajstić information content (AvgIpc) is 2.99. The first kappa shape index (κ1) is 19.8. The van der Waals surface area contributed by atoms with E-state index in [1.807, 2.05) is 0 Å². The minimum Gasteiger partial charge on any atom is -0.374 e. The summed E-state index contributed by atoms with van der Waals surface area (Å²) >= 11 is 0.596. The van der Waals surface area contributed by atoms with Gasteiger partial charge in [-0.15, -0.1) is 11.3 Å². The lowest BCUT2D eigenvalue weighted by atomic mass is 9.99. The summed E-state index contributed by atoms with van der Waals surface area (Å²) in [5, 5.41) is 23.9. The van der Waals surface area contributed by atoms with Crippen molar-refractivity contribution in [2.45, 2.75) is 31.7 Å². The number of para-hydroxylation sites is 1. The van der Waals surface area contributed by atoms with Crippen LogP contribution in [0.1, 0.15) is 22.7 Å². The van der Waals surface area contributed by atoms with Crippen molar-refractivity contribution in [1.29, 1.82) is 0 Å². The van der Waals surface area contributed by atoms with E-state index < -0.39 is 34.0 Å². The Morgan fingerprint density at radius 3 is 2.58 bits per heavy atom. The first-order valence-electron chi connectivity index (χ1n) is 7.25. The van der Waals surface area contributed by atoms with Crippen molar-refractivity contribution in [3.63, 3.8) is 0 Å². The Kier molecular flexibility index (Phi) is 5.62. The highest BCUT2D eigenvalue weighted by Crippen LogP contribution is 2.42. The van der Waals surface area contributed by atoms with Gasteiger partial charge in [0, 0.05) is 29.2 Å². The average molecular weight is 389 g/mol. The van der Waals surface area contributed by atoms with Gasteiger partial charge in [0.2, 0.25) is 11.5 Å². The third-order valence-electron chi connectivity index (χ3n) is 3.52. The predicted molar refractivity (Wildman–Crippen MR) is 86.4 cm³/mol. The Labute approximate surface area is 149 Å². The van der Waals surface area contributed by atoms with Crippen LogP contribution in [0.5, 0.6) is 0 Å². The minimum absolute atomic E-state index is 0.131. The maximum atomic E-state index is 13.3. The fourth-order valence-electron chi connectivity index (χ4n) is 2.17. The molecule has 7 nitrogen and oxygen atoms in total. The summed E-state index contributed by atoms with van der Waals surface area (Å²) in [7, 11) is 0. The number of nitro benzene ring substituents is 1. The molecule has 1 heterocycles. The predicted octanol–water partition coefficient (Wildman–Crippen LogP) is 2.82. The van der Waals surface area contributed by atoms with Gasteiger partial charge in [-0.05, 0) is 6.92 Å². The van der Waals surface area contributed by atoms with Crippen LogP contribution < -0.4 is 5.32 Å². The van der Waals surface area contributed by atoms with Crippen molar-refractivity contribution in [1.82, 2.24) is 10.3 Å². The number of nitro groups is 1. The Morgan fingerprint density at radius 2 is 2.04 bits per heavy atom. The van der Waals surface area contributed by atoms with Crippen molar-refractivity contribution in [3.05, 3.63) is 56.0 Å². The Balaban J connectivity index is 2.15. The van der Waals surface area contributed by atoms with Gasteiger partial charge in [-0.3, -0.25) is 14.9 Å². The SMILES string of the molecule is Cc1csc(C(O)(CC(=O)NCc2ccccc2[N+](=O)[O-])C(F)(F)F)n1. The largest absolute Gasteiger partial charge is 0.424 e. The standard InChI is InChI=1S/C15H14F3N3O4S/c1-9-8-26-13(20-9)14(23,15(16,17)18)6-12(22)19-7-10-4-2-3-5-11(10)21(24)25/h2-5,8,23H,6-7H2,1H3,(H,19,22). The minimum atomic E-state index is -5.12. The second kappa shape index (κ2) is 7.38. The zero-order chi connectivity index (χ0) is 19.5. The van der Waals surface area contributed by atoms with Gasteiger partial charge < -0.3 is 10.4 Å². The number of hydrogen-bond acceptors (Lipinski definition) is 6. The second-order valence-electron chi connectivity index (χ2n) is 5.49. The van der Waals surface area contributed by atoms with E-state index in [9.17, 15) is 33.2 Å². The molecule has 0 bridgehead atoms. The molecule has 1 amide bonds. The van der Waals surface area contributed by atoms with Crippen LogP contribution in [0.15, 0.2) is 29.6 Å². The summed E-state index contributed by atoms with van der Waals surface area (Å²) in [5.74, 6) is -1.11. The quantitative estimate of drug-likeness (QED) is 0.584. The summed E-state index contributed by atoms with van der Waals surface area (Å²) < 4.78 is 40.0. The molecule has 0 aliphatic rings. The van der Waals surface area contributed by atoms with Crippen LogP contribution in [0.25, 0.3) is 0 Å². The van der Waals surface area contributed by atoms with Crippen molar-refractivity contribution in [2.24, 2.45) is 0 Å². The van der Waals surface area contributed by atoms with Gasteiger partial charge in [-0.1, -0.05) is 18.2 Å². The smallest absolute Gasteiger partial charge is 0.374 e. The number of thiazole rings is 1. The molecule has 0 aliphatic carbocycles. The zero-order valence-corrected chi connectivity index (χ0v) is 14.2. The summed E-state index contributed by atoms with van der Waals surface area (Å²) in [6.07, 6.45) is -6.42. The molecular formula is C15H14F3N3O4S. The lowest BCUT2D eigenvalue weighted by Gasteiger charge is -2.27. The number of nitrogens with one attached hydrogen (secondary N) is 1. The topological polar surface area (TPSA) is 105 Å². The maximum absolute atomic E-state index is 13.3. The third kappa shape index (κ3) is 4.17. The van der Waals surface area contributed by atoms with E-state index in [2.05, 4.69) is 10.3 Å². The molecule has 1 aromatic heterocycles. The molecule has 26 heavy (non-hydrogen) atoms. The van der Waals surface area contributed by atoms with Crippen molar-refractivity contribution in [2.75, 3.05) is 0 Å². The number of carbonyl (C=O) groups is 1. The molecule has 1 atom stereocenters. The fourth-order valence-corrected chi connectivity index (χ4v) is 3.08. The van der Waals surface area contributed by atoms with Crippen LogP contribution >= 0.6 is 11.3 Å². The molecule has 2 aromatic rings. The molecule has 0 spiro atoms.